The van der Waals surface area contributed by atoms with Crippen LogP contribution in [0.1, 0.15) is 24.5 Å². The lowest BCUT2D eigenvalue weighted by Crippen LogP contribution is -2.13. The molecule has 0 saturated heterocycles. The van der Waals surface area contributed by atoms with E-state index in [0.717, 1.165) is 18.8 Å². The molecular weight excluding hydrogens is 274 g/mol. The Labute approximate surface area is 132 Å². The maximum absolute atomic E-state index is 3.42. The van der Waals surface area contributed by atoms with Gasteiger partial charge in [-0.05, 0) is 36.2 Å². The van der Waals surface area contributed by atoms with Crippen LogP contribution >= 0.6 is 11.8 Å². The fraction of sp³-hybridized carbons (Fsp3) is 0.263. The van der Waals surface area contributed by atoms with Crippen LogP contribution in [0.4, 0.5) is 0 Å². The number of rotatable bonds is 8. The Morgan fingerprint density at radius 2 is 1.76 bits per heavy atom. The Kier molecular flexibility index (Phi) is 7.13. The van der Waals surface area contributed by atoms with Crippen LogP contribution in [-0.4, -0.2) is 12.3 Å². The quantitative estimate of drug-likeness (QED) is 0.544. The third kappa shape index (κ3) is 6.19. The number of benzene rings is 2. The fourth-order valence-corrected chi connectivity index (χ4v) is 2.72. The zero-order valence-electron chi connectivity index (χ0n) is 12.6. The zero-order chi connectivity index (χ0) is 14.8. The van der Waals surface area contributed by atoms with Gasteiger partial charge in [0, 0.05) is 17.2 Å². The third-order valence-electron chi connectivity index (χ3n) is 3.14. The van der Waals surface area contributed by atoms with E-state index in [1.165, 1.54) is 22.4 Å². The first-order chi connectivity index (χ1) is 10.4. The van der Waals surface area contributed by atoms with Gasteiger partial charge in [-0.3, -0.25) is 0 Å². The number of hydrogen-bond donors (Lipinski definition) is 1. The minimum absolute atomic E-state index is 0.965. The molecule has 0 bridgehead atoms. The Hall–Kier alpha value is -1.51. The second-order valence-electron chi connectivity index (χ2n) is 4.94. The van der Waals surface area contributed by atoms with E-state index in [2.05, 4.69) is 72.9 Å². The molecule has 0 amide bonds. The highest BCUT2D eigenvalue weighted by molar-refractivity contribution is 7.99. The first-order valence-electron chi connectivity index (χ1n) is 7.52. The second-order valence-corrected chi connectivity index (χ2v) is 6.04. The van der Waals surface area contributed by atoms with Gasteiger partial charge in [0.05, 0.1) is 0 Å². The maximum Gasteiger partial charge on any atom is 0.0205 e. The molecule has 0 atom stereocenters. The Balaban J connectivity index is 1.74. The molecule has 0 aliphatic rings. The average Bonchev–Trinajstić information content (AvgIpc) is 2.54. The molecule has 2 aromatic carbocycles. The van der Waals surface area contributed by atoms with Gasteiger partial charge < -0.3 is 5.32 Å². The summed E-state index contributed by atoms with van der Waals surface area (Å²) in [4.78, 5) is 1.33. The summed E-state index contributed by atoms with van der Waals surface area (Å²) in [7, 11) is 0. The van der Waals surface area contributed by atoms with Gasteiger partial charge in [0.15, 0.2) is 0 Å². The summed E-state index contributed by atoms with van der Waals surface area (Å²) in [5.74, 6) is 1.00. The monoisotopic (exact) mass is 297 g/mol. The van der Waals surface area contributed by atoms with Crippen molar-refractivity contribution in [2.45, 2.75) is 24.8 Å². The maximum atomic E-state index is 3.42. The molecule has 21 heavy (non-hydrogen) atoms. The molecule has 0 fully saturated rings. The van der Waals surface area contributed by atoms with Crippen molar-refractivity contribution in [3.63, 3.8) is 0 Å². The highest BCUT2D eigenvalue weighted by Crippen LogP contribution is 2.19. The van der Waals surface area contributed by atoms with E-state index in [-0.39, 0.29) is 0 Å². The molecule has 1 nitrogen and oxygen atoms in total. The van der Waals surface area contributed by atoms with Crippen molar-refractivity contribution in [1.82, 2.24) is 5.32 Å². The summed E-state index contributed by atoms with van der Waals surface area (Å²) in [6, 6.07) is 19.3. The lowest BCUT2D eigenvalue weighted by molar-refractivity contribution is 0.675. The molecule has 0 saturated carbocycles. The van der Waals surface area contributed by atoms with E-state index in [1.54, 1.807) is 0 Å². The van der Waals surface area contributed by atoms with E-state index in [0.29, 0.717) is 0 Å². The summed E-state index contributed by atoms with van der Waals surface area (Å²) in [5, 5.41) is 3.42. The van der Waals surface area contributed by atoms with Crippen molar-refractivity contribution in [3.05, 3.63) is 71.8 Å². The molecule has 0 aromatic heterocycles. The van der Waals surface area contributed by atoms with Gasteiger partial charge >= 0.3 is 0 Å². The number of nitrogens with one attached hydrogen (secondary N) is 1. The molecule has 110 valence electrons. The van der Waals surface area contributed by atoms with Gasteiger partial charge in [0.2, 0.25) is 0 Å². The molecule has 0 unspecified atom stereocenters. The topological polar surface area (TPSA) is 12.0 Å². The molecule has 2 heteroatoms. The van der Waals surface area contributed by atoms with Crippen molar-refractivity contribution in [3.8, 4) is 0 Å². The van der Waals surface area contributed by atoms with Gasteiger partial charge in [-0.25, -0.2) is 0 Å². The van der Waals surface area contributed by atoms with Gasteiger partial charge in [-0.1, -0.05) is 61.5 Å². The number of thioether (sulfide) groups is 1. The summed E-state index contributed by atoms with van der Waals surface area (Å²) in [6.45, 7) is 4.24. The van der Waals surface area contributed by atoms with E-state index in [1.807, 2.05) is 17.8 Å². The van der Waals surface area contributed by atoms with E-state index in [4.69, 9.17) is 0 Å². The van der Waals surface area contributed by atoms with E-state index in [9.17, 15) is 0 Å². The van der Waals surface area contributed by atoms with Crippen molar-refractivity contribution in [2.75, 3.05) is 12.3 Å². The van der Waals surface area contributed by atoms with Crippen LogP contribution < -0.4 is 5.32 Å². The first kappa shape index (κ1) is 15.9. The minimum atomic E-state index is 0.965. The Morgan fingerprint density at radius 1 is 1.00 bits per heavy atom. The van der Waals surface area contributed by atoms with Crippen LogP contribution in [0, 0.1) is 0 Å². The van der Waals surface area contributed by atoms with E-state index < -0.39 is 0 Å². The summed E-state index contributed by atoms with van der Waals surface area (Å²) in [5.41, 5.74) is 2.61. The summed E-state index contributed by atoms with van der Waals surface area (Å²) < 4.78 is 0. The molecular formula is C19H23NS. The Bertz CT molecular complexity index is 531. The van der Waals surface area contributed by atoms with Gasteiger partial charge in [-0.2, -0.15) is 0 Å². The zero-order valence-corrected chi connectivity index (χ0v) is 13.4. The second kappa shape index (κ2) is 9.43. The highest BCUT2D eigenvalue weighted by Gasteiger charge is 1.94. The normalized spacial score (nSPS) is 11.1. The van der Waals surface area contributed by atoms with Crippen molar-refractivity contribution in [2.24, 2.45) is 0 Å². The first-order valence-corrected chi connectivity index (χ1v) is 8.51. The predicted molar refractivity (Wildman–Crippen MR) is 94.6 cm³/mol. The van der Waals surface area contributed by atoms with Gasteiger partial charge in [-0.15, -0.1) is 11.8 Å². The van der Waals surface area contributed by atoms with Crippen LogP contribution in [0.2, 0.25) is 0 Å². The van der Waals surface area contributed by atoms with Crippen LogP contribution in [-0.2, 0) is 6.54 Å². The van der Waals surface area contributed by atoms with Crippen molar-refractivity contribution < 1.29 is 0 Å². The SMILES string of the molecule is CCCNCc1ccc(SC/C=C/c2ccccc2)cc1. The minimum Gasteiger partial charge on any atom is -0.313 e. The molecule has 0 spiro atoms. The molecule has 2 aromatic rings. The van der Waals surface area contributed by atoms with Crippen LogP contribution in [0.3, 0.4) is 0 Å². The number of hydrogen-bond acceptors (Lipinski definition) is 2. The molecule has 1 N–H and O–H groups in total. The molecule has 0 aliphatic carbocycles. The lowest BCUT2D eigenvalue weighted by Gasteiger charge is -2.04. The molecule has 0 aliphatic heterocycles. The summed E-state index contributed by atoms with van der Waals surface area (Å²) >= 11 is 1.87. The average molecular weight is 297 g/mol. The third-order valence-corrected chi connectivity index (χ3v) is 4.10. The largest absolute Gasteiger partial charge is 0.313 e. The fourth-order valence-electron chi connectivity index (χ4n) is 2.01. The van der Waals surface area contributed by atoms with Crippen molar-refractivity contribution in [1.29, 1.82) is 0 Å². The molecule has 0 radical (unpaired) electrons. The predicted octanol–water partition coefficient (Wildman–Crippen LogP) is 4.99. The van der Waals surface area contributed by atoms with Crippen LogP contribution in [0.25, 0.3) is 6.08 Å². The van der Waals surface area contributed by atoms with E-state index >= 15 is 0 Å². The van der Waals surface area contributed by atoms with Crippen molar-refractivity contribution >= 4 is 17.8 Å². The van der Waals surface area contributed by atoms with Gasteiger partial charge in [0.1, 0.15) is 0 Å². The van der Waals surface area contributed by atoms with Crippen LogP contribution in [0.5, 0.6) is 0 Å². The lowest BCUT2D eigenvalue weighted by atomic mass is 10.2. The smallest absolute Gasteiger partial charge is 0.0205 e. The standard InChI is InChI=1S/C19H23NS/c1-2-14-20-16-18-10-12-19(13-11-18)21-15-6-9-17-7-4-3-5-8-17/h3-13,20H,2,14-16H2,1H3/b9-6+. The van der Waals surface area contributed by atoms with Crippen LogP contribution in [0.15, 0.2) is 65.6 Å². The Morgan fingerprint density at radius 3 is 2.48 bits per heavy atom. The highest BCUT2D eigenvalue weighted by atomic mass is 32.2. The molecule has 2 rings (SSSR count). The molecule has 0 heterocycles. The summed E-state index contributed by atoms with van der Waals surface area (Å²) in [6.07, 6.45) is 5.58. The van der Waals surface area contributed by atoms with Gasteiger partial charge in [0.25, 0.3) is 0 Å².